The van der Waals surface area contributed by atoms with Gasteiger partial charge in [-0.1, -0.05) is 23.4 Å². The first kappa shape index (κ1) is 10.2. The monoisotopic (exact) mass is 220 g/mol. The third-order valence-electron chi connectivity index (χ3n) is 2.09. The van der Waals surface area contributed by atoms with Crippen molar-refractivity contribution in [2.45, 2.75) is 6.42 Å². The van der Waals surface area contributed by atoms with Crippen LogP contribution in [0.1, 0.15) is 21.7 Å². The number of H-pyrrole nitrogens is 1. The topological polar surface area (TPSA) is 96.2 Å². The van der Waals surface area contributed by atoms with Gasteiger partial charge in [0, 0.05) is 6.42 Å². The van der Waals surface area contributed by atoms with Gasteiger partial charge in [0.05, 0.1) is 5.56 Å². The summed E-state index contributed by atoms with van der Waals surface area (Å²) in [6.07, 6.45) is 0.216. The van der Waals surface area contributed by atoms with E-state index < -0.39 is 11.7 Å². The van der Waals surface area contributed by atoms with Crippen LogP contribution >= 0.6 is 0 Å². The third-order valence-corrected chi connectivity index (χ3v) is 2.09. The Balaban J connectivity index is 2.34. The fourth-order valence-corrected chi connectivity index (χ4v) is 1.40. The lowest BCUT2D eigenvalue weighted by Gasteiger charge is -2.02. The Morgan fingerprint density at radius 1 is 1.44 bits per heavy atom. The minimum atomic E-state index is -1.01. The van der Waals surface area contributed by atoms with Crippen LogP contribution in [0.3, 0.4) is 0 Å². The van der Waals surface area contributed by atoms with E-state index in [-0.39, 0.29) is 12.0 Å². The van der Waals surface area contributed by atoms with Gasteiger partial charge in [-0.05, 0) is 11.6 Å². The largest absolute Gasteiger partial charge is 0.478 e. The molecule has 6 heteroatoms. The maximum absolute atomic E-state index is 10.9. The van der Waals surface area contributed by atoms with Crippen molar-refractivity contribution in [1.82, 2.24) is 10.1 Å². The van der Waals surface area contributed by atoms with E-state index in [4.69, 9.17) is 5.11 Å². The molecule has 2 aromatic rings. The van der Waals surface area contributed by atoms with E-state index in [1.165, 1.54) is 6.07 Å². The van der Waals surface area contributed by atoms with Crippen LogP contribution in [-0.2, 0) is 6.42 Å². The summed E-state index contributed by atoms with van der Waals surface area (Å²) in [5.41, 5.74) is 0.755. The van der Waals surface area contributed by atoms with Gasteiger partial charge in [0.15, 0.2) is 5.82 Å². The van der Waals surface area contributed by atoms with Crippen LogP contribution in [0.4, 0.5) is 0 Å². The SMILES string of the molecule is O=C(O)c1ccccc1Cc1noc(=O)[nH]1. The molecular formula is C10H8N2O4. The number of aromatic amines is 1. The van der Waals surface area contributed by atoms with Crippen LogP contribution in [0.2, 0.25) is 0 Å². The lowest BCUT2D eigenvalue weighted by Crippen LogP contribution is -2.04. The number of aromatic nitrogens is 2. The molecule has 16 heavy (non-hydrogen) atoms. The molecule has 0 aliphatic carbocycles. The number of carbonyl (C=O) groups is 1. The normalized spacial score (nSPS) is 10.2. The summed E-state index contributed by atoms with van der Waals surface area (Å²) >= 11 is 0. The highest BCUT2D eigenvalue weighted by atomic mass is 16.5. The highest BCUT2D eigenvalue weighted by Crippen LogP contribution is 2.11. The number of hydrogen-bond acceptors (Lipinski definition) is 4. The van der Waals surface area contributed by atoms with Gasteiger partial charge in [-0.3, -0.25) is 9.51 Å². The molecule has 0 saturated heterocycles. The van der Waals surface area contributed by atoms with Crippen molar-refractivity contribution in [1.29, 1.82) is 0 Å². The van der Waals surface area contributed by atoms with Crippen LogP contribution in [-0.4, -0.2) is 21.2 Å². The lowest BCUT2D eigenvalue weighted by molar-refractivity contribution is 0.0696. The summed E-state index contributed by atoms with van der Waals surface area (Å²) in [5, 5.41) is 12.4. The Labute approximate surface area is 89.5 Å². The number of carboxylic acids is 1. The summed E-state index contributed by atoms with van der Waals surface area (Å²) in [7, 11) is 0. The molecule has 1 aromatic carbocycles. The summed E-state index contributed by atoms with van der Waals surface area (Å²) in [4.78, 5) is 24.0. The molecule has 1 heterocycles. The zero-order valence-corrected chi connectivity index (χ0v) is 8.14. The Morgan fingerprint density at radius 3 is 2.81 bits per heavy atom. The van der Waals surface area contributed by atoms with Crippen LogP contribution in [0, 0.1) is 0 Å². The number of aromatic carboxylic acids is 1. The zero-order valence-electron chi connectivity index (χ0n) is 8.14. The molecule has 0 atom stereocenters. The summed E-state index contributed by atoms with van der Waals surface area (Å²) < 4.78 is 4.33. The van der Waals surface area contributed by atoms with Crippen molar-refractivity contribution in [3.8, 4) is 0 Å². The molecule has 6 nitrogen and oxygen atoms in total. The van der Waals surface area contributed by atoms with Crippen molar-refractivity contribution < 1.29 is 14.4 Å². The Bertz CT molecular complexity index is 570. The maximum Gasteiger partial charge on any atom is 0.438 e. The molecule has 0 fully saturated rings. The second-order valence-corrected chi connectivity index (χ2v) is 3.18. The minimum absolute atomic E-state index is 0.186. The average Bonchev–Trinajstić information content (AvgIpc) is 2.64. The molecule has 0 saturated carbocycles. The van der Waals surface area contributed by atoms with E-state index in [2.05, 4.69) is 14.7 Å². The van der Waals surface area contributed by atoms with Gasteiger partial charge in [0.25, 0.3) is 0 Å². The Morgan fingerprint density at radius 2 is 2.19 bits per heavy atom. The van der Waals surface area contributed by atoms with Gasteiger partial charge in [-0.25, -0.2) is 9.59 Å². The second-order valence-electron chi connectivity index (χ2n) is 3.18. The molecule has 0 spiro atoms. The molecule has 0 amide bonds. The van der Waals surface area contributed by atoms with Gasteiger partial charge in [0.2, 0.25) is 0 Å². The molecule has 82 valence electrons. The predicted octanol–water partition coefficient (Wildman–Crippen LogP) is 0.652. The van der Waals surface area contributed by atoms with E-state index in [1.54, 1.807) is 18.2 Å². The van der Waals surface area contributed by atoms with Crippen molar-refractivity contribution in [3.63, 3.8) is 0 Å². The molecule has 2 rings (SSSR count). The predicted molar refractivity (Wildman–Crippen MR) is 53.3 cm³/mol. The van der Waals surface area contributed by atoms with Crippen LogP contribution in [0.5, 0.6) is 0 Å². The third kappa shape index (κ3) is 2.00. The molecule has 2 N–H and O–H groups in total. The van der Waals surface area contributed by atoms with Crippen molar-refractivity contribution >= 4 is 5.97 Å². The Hall–Kier alpha value is -2.37. The lowest BCUT2D eigenvalue weighted by atomic mass is 10.0. The molecule has 1 aromatic heterocycles. The van der Waals surface area contributed by atoms with Gasteiger partial charge < -0.3 is 5.11 Å². The van der Waals surface area contributed by atoms with E-state index >= 15 is 0 Å². The highest BCUT2D eigenvalue weighted by Gasteiger charge is 2.11. The van der Waals surface area contributed by atoms with E-state index in [1.807, 2.05) is 0 Å². The molecule has 0 aliphatic rings. The highest BCUT2D eigenvalue weighted by molar-refractivity contribution is 5.89. The van der Waals surface area contributed by atoms with Crippen molar-refractivity contribution in [2.75, 3.05) is 0 Å². The summed E-state index contributed by atoms with van der Waals surface area (Å²) in [5.74, 6) is -1.36. The molecule has 0 radical (unpaired) electrons. The maximum atomic E-state index is 10.9. The van der Waals surface area contributed by atoms with Crippen LogP contribution in [0.25, 0.3) is 0 Å². The van der Waals surface area contributed by atoms with Crippen LogP contribution in [0.15, 0.2) is 33.6 Å². The fraction of sp³-hybridized carbons (Fsp3) is 0.100. The fourth-order valence-electron chi connectivity index (χ4n) is 1.40. The quantitative estimate of drug-likeness (QED) is 0.791. The first-order valence-corrected chi connectivity index (χ1v) is 4.53. The summed E-state index contributed by atoms with van der Waals surface area (Å²) in [6, 6.07) is 6.52. The molecular weight excluding hydrogens is 212 g/mol. The minimum Gasteiger partial charge on any atom is -0.478 e. The molecule has 0 unspecified atom stereocenters. The number of hydrogen-bond donors (Lipinski definition) is 2. The van der Waals surface area contributed by atoms with E-state index in [9.17, 15) is 9.59 Å². The Kier molecular flexibility index (Phi) is 2.55. The number of carboxylic acid groups (broad SMARTS) is 1. The number of nitrogens with one attached hydrogen (secondary N) is 1. The number of rotatable bonds is 3. The van der Waals surface area contributed by atoms with Crippen LogP contribution < -0.4 is 5.76 Å². The second kappa shape index (κ2) is 4.01. The van der Waals surface area contributed by atoms with Gasteiger partial charge in [0.1, 0.15) is 0 Å². The van der Waals surface area contributed by atoms with E-state index in [0.717, 1.165) is 0 Å². The van der Waals surface area contributed by atoms with Gasteiger partial charge in [-0.2, -0.15) is 0 Å². The first-order chi connectivity index (χ1) is 7.66. The van der Waals surface area contributed by atoms with Crippen molar-refractivity contribution in [3.05, 3.63) is 51.8 Å². The van der Waals surface area contributed by atoms with Crippen molar-refractivity contribution in [2.24, 2.45) is 0 Å². The number of nitrogens with zero attached hydrogens (tertiary/aromatic N) is 1. The smallest absolute Gasteiger partial charge is 0.438 e. The average molecular weight is 220 g/mol. The zero-order chi connectivity index (χ0) is 11.5. The van der Waals surface area contributed by atoms with Gasteiger partial charge >= 0.3 is 11.7 Å². The molecule has 0 aliphatic heterocycles. The number of benzene rings is 1. The summed E-state index contributed by atoms with van der Waals surface area (Å²) in [6.45, 7) is 0. The van der Waals surface area contributed by atoms with Gasteiger partial charge in [-0.15, -0.1) is 0 Å². The first-order valence-electron chi connectivity index (χ1n) is 4.53. The molecule has 0 bridgehead atoms. The van der Waals surface area contributed by atoms with E-state index in [0.29, 0.717) is 11.4 Å². The standard InChI is InChI=1S/C10H8N2O4/c13-9(14)7-4-2-1-3-6(7)5-8-11-10(15)16-12-8/h1-4H,5H2,(H,13,14)(H,11,12,15).